The molecule has 1 aliphatic heterocycles. The monoisotopic (exact) mass is 363 g/mol. The topological polar surface area (TPSA) is 38.9 Å². The summed E-state index contributed by atoms with van der Waals surface area (Å²) < 4.78 is 4.58. The Morgan fingerprint density at radius 1 is 1.00 bits per heavy atom. The smallest absolute Gasteiger partial charge is 0.113 e. The molecule has 142 valence electrons. The fraction of sp³-hybridized carbons (Fsp3) is 0.455. The maximum Gasteiger partial charge on any atom is 0.113 e. The first-order chi connectivity index (χ1) is 13.3. The molecule has 0 saturated carbocycles. The van der Waals surface area contributed by atoms with Crippen LogP contribution in [0.25, 0.3) is 0 Å². The van der Waals surface area contributed by atoms with Crippen molar-refractivity contribution >= 4 is 0 Å². The van der Waals surface area contributed by atoms with E-state index in [9.17, 15) is 0 Å². The van der Waals surface area contributed by atoms with Gasteiger partial charge < -0.3 is 14.0 Å². The molecule has 1 aliphatic rings. The van der Waals surface area contributed by atoms with Crippen LogP contribution in [0.2, 0.25) is 0 Å². The van der Waals surface area contributed by atoms with E-state index in [0.29, 0.717) is 5.92 Å². The number of aromatic nitrogens is 4. The van der Waals surface area contributed by atoms with Gasteiger partial charge in [0, 0.05) is 50.3 Å². The highest BCUT2D eigenvalue weighted by atomic mass is 15.2. The SMILES string of the molecule is Cc1nccn1CCCN1CCC[C@H](c2nccn2Cc2ccccc2)C1. The summed E-state index contributed by atoms with van der Waals surface area (Å²) in [5.41, 5.74) is 1.33. The van der Waals surface area contributed by atoms with Crippen LogP contribution < -0.4 is 0 Å². The maximum atomic E-state index is 4.73. The molecule has 1 fully saturated rings. The van der Waals surface area contributed by atoms with Gasteiger partial charge in [0.15, 0.2) is 0 Å². The molecule has 1 aromatic carbocycles. The van der Waals surface area contributed by atoms with Crippen molar-refractivity contribution < 1.29 is 0 Å². The number of likely N-dealkylation sites (tertiary alicyclic amines) is 1. The van der Waals surface area contributed by atoms with Crippen LogP contribution in [0.5, 0.6) is 0 Å². The average molecular weight is 364 g/mol. The summed E-state index contributed by atoms with van der Waals surface area (Å²) in [6, 6.07) is 10.7. The number of hydrogen-bond acceptors (Lipinski definition) is 3. The first-order valence-corrected chi connectivity index (χ1v) is 10.0. The van der Waals surface area contributed by atoms with Gasteiger partial charge in [0.25, 0.3) is 0 Å². The van der Waals surface area contributed by atoms with E-state index in [2.05, 4.69) is 68.7 Å². The van der Waals surface area contributed by atoms with E-state index in [1.807, 2.05) is 12.4 Å². The van der Waals surface area contributed by atoms with Crippen LogP contribution in [0.4, 0.5) is 0 Å². The molecule has 1 saturated heterocycles. The van der Waals surface area contributed by atoms with Crippen LogP contribution in [0.3, 0.4) is 0 Å². The zero-order valence-electron chi connectivity index (χ0n) is 16.2. The van der Waals surface area contributed by atoms with Crippen molar-refractivity contribution in [2.75, 3.05) is 19.6 Å². The molecule has 0 bridgehead atoms. The lowest BCUT2D eigenvalue weighted by Crippen LogP contribution is -2.36. The Labute approximate surface area is 161 Å². The number of nitrogens with zero attached hydrogens (tertiary/aromatic N) is 5. The quantitative estimate of drug-likeness (QED) is 0.642. The summed E-state index contributed by atoms with van der Waals surface area (Å²) in [7, 11) is 0. The Bertz CT molecular complexity index is 835. The minimum absolute atomic E-state index is 0.535. The fourth-order valence-corrected chi connectivity index (χ4v) is 4.17. The Hall–Kier alpha value is -2.40. The number of rotatable bonds is 7. The van der Waals surface area contributed by atoms with Gasteiger partial charge in [-0.1, -0.05) is 30.3 Å². The summed E-state index contributed by atoms with van der Waals surface area (Å²) in [5.74, 6) is 2.89. The normalized spacial score (nSPS) is 18.0. The molecule has 0 amide bonds. The highest BCUT2D eigenvalue weighted by Crippen LogP contribution is 2.26. The summed E-state index contributed by atoms with van der Waals surface area (Å²) in [5, 5.41) is 0. The minimum atomic E-state index is 0.535. The van der Waals surface area contributed by atoms with Crippen LogP contribution in [0.1, 0.15) is 42.4 Å². The highest BCUT2D eigenvalue weighted by molar-refractivity contribution is 5.16. The number of aryl methyl sites for hydroxylation is 2. The van der Waals surface area contributed by atoms with Crippen molar-refractivity contribution in [3.8, 4) is 0 Å². The Balaban J connectivity index is 1.34. The van der Waals surface area contributed by atoms with Gasteiger partial charge in [-0.15, -0.1) is 0 Å². The zero-order valence-corrected chi connectivity index (χ0v) is 16.2. The molecule has 27 heavy (non-hydrogen) atoms. The molecule has 0 unspecified atom stereocenters. The van der Waals surface area contributed by atoms with Crippen molar-refractivity contribution in [2.45, 2.75) is 45.2 Å². The van der Waals surface area contributed by atoms with Crippen LogP contribution in [-0.2, 0) is 13.1 Å². The molecule has 5 heteroatoms. The van der Waals surface area contributed by atoms with Crippen molar-refractivity contribution in [1.82, 2.24) is 24.0 Å². The third-order valence-electron chi connectivity index (χ3n) is 5.61. The Kier molecular flexibility index (Phi) is 5.68. The molecule has 2 aromatic heterocycles. The van der Waals surface area contributed by atoms with Crippen molar-refractivity contribution in [3.63, 3.8) is 0 Å². The second-order valence-electron chi connectivity index (χ2n) is 7.56. The molecule has 0 spiro atoms. The van der Waals surface area contributed by atoms with E-state index in [0.717, 1.165) is 32.0 Å². The minimum Gasteiger partial charge on any atom is -0.335 e. The molecule has 3 heterocycles. The zero-order chi connectivity index (χ0) is 18.5. The molecule has 3 aromatic rings. The van der Waals surface area contributed by atoms with E-state index >= 15 is 0 Å². The third-order valence-corrected chi connectivity index (χ3v) is 5.61. The van der Waals surface area contributed by atoms with E-state index in [4.69, 9.17) is 4.98 Å². The number of benzene rings is 1. The van der Waals surface area contributed by atoms with Crippen LogP contribution >= 0.6 is 0 Å². The van der Waals surface area contributed by atoms with Gasteiger partial charge in [0.1, 0.15) is 11.6 Å². The van der Waals surface area contributed by atoms with Gasteiger partial charge >= 0.3 is 0 Å². The first kappa shape index (κ1) is 18.0. The fourth-order valence-electron chi connectivity index (χ4n) is 4.17. The van der Waals surface area contributed by atoms with E-state index in [1.54, 1.807) is 0 Å². The van der Waals surface area contributed by atoms with E-state index in [1.165, 1.54) is 37.2 Å². The van der Waals surface area contributed by atoms with Crippen LogP contribution in [0, 0.1) is 6.92 Å². The van der Waals surface area contributed by atoms with E-state index < -0.39 is 0 Å². The Morgan fingerprint density at radius 2 is 1.81 bits per heavy atom. The lowest BCUT2D eigenvalue weighted by Gasteiger charge is -2.32. The molecular formula is C22H29N5. The molecule has 4 rings (SSSR count). The number of hydrogen-bond donors (Lipinski definition) is 0. The Morgan fingerprint density at radius 3 is 2.63 bits per heavy atom. The second-order valence-corrected chi connectivity index (χ2v) is 7.56. The molecule has 1 atom stereocenters. The number of piperidine rings is 1. The maximum absolute atomic E-state index is 4.73. The summed E-state index contributed by atoms with van der Waals surface area (Å²) >= 11 is 0. The van der Waals surface area contributed by atoms with Gasteiger partial charge in [-0.3, -0.25) is 0 Å². The molecule has 0 N–H and O–H groups in total. The van der Waals surface area contributed by atoms with Gasteiger partial charge in [0.2, 0.25) is 0 Å². The van der Waals surface area contributed by atoms with Gasteiger partial charge in [-0.05, 0) is 44.8 Å². The lowest BCUT2D eigenvalue weighted by atomic mass is 9.97. The van der Waals surface area contributed by atoms with Crippen molar-refractivity contribution in [1.29, 1.82) is 0 Å². The van der Waals surface area contributed by atoms with Crippen LogP contribution in [-0.4, -0.2) is 43.6 Å². The van der Waals surface area contributed by atoms with Gasteiger partial charge in [0.05, 0.1) is 0 Å². The van der Waals surface area contributed by atoms with Crippen molar-refractivity contribution in [3.05, 3.63) is 72.3 Å². The second kappa shape index (κ2) is 8.53. The standard InChI is InChI=1S/C22H29N5/c1-19-23-10-15-26(19)14-6-13-25-12-5-9-21(18-25)22-24-11-16-27(22)17-20-7-3-2-4-8-20/h2-4,7-8,10-11,15-16,21H,5-6,9,12-14,17-18H2,1H3/t21-/m0/s1. The first-order valence-electron chi connectivity index (χ1n) is 10.0. The predicted octanol–water partition coefficient (Wildman–Crippen LogP) is 3.71. The molecule has 5 nitrogen and oxygen atoms in total. The van der Waals surface area contributed by atoms with E-state index in [-0.39, 0.29) is 0 Å². The van der Waals surface area contributed by atoms with Crippen molar-refractivity contribution in [2.24, 2.45) is 0 Å². The largest absolute Gasteiger partial charge is 0.335 e. The van der Waals surface area contributed by atoms with Crippen LogP contribution in [0.15, 0.2) is 55.1 Å². The molecule has 0 aliphatic carbocycles. The summed E-state index contributed by atoms with van der Waals surface area (Å²) in [6.07, 6.45) is 11.7. The summed E-state index contributed by atoms with van der Waals surface area (Å²) in [4.78, 5) is 11.7. The number of imidazole rings is 2. The summed E-state index contributed by atoms with van der Waals surface area (Å²) in [6.45, 7) is 7.51. The third kappa shape index (κ3) is 4.48. The predicted molar refractivity (Wildman–Crippen MR) is 108 cm³/mol. The van der Waals surface area contributed by atoms with Gasteiger partial charge in [-0.2, -0.15) is 0 Å². The molecular weight excluding hydrogens is 334 g/mol. The lowest BCUT2D eigenvalue weighted by molar-refractivity contribution is 0.197. The van der Waals surface area contributed by atoms with Gasteiger partial charge in [-0.25, -0.2) is 9.97 Å². The average Bonchev–Trinajstić information content (AvgIpc) is 3.32. The highest BCUT2D eigenvalue weighted by Gasteiger charge is 2.24. The molecule has 0 radical (unpaired) electrons.